The van der Waals surface area contributed by atoms with E-state index < -0.39 is 29.3 Å². The lowest BCUT2D eigenvalue weighted by atomic mass is 9.74. The lowest BCUT2D eigenvalue weighted by molar-refractivity contribution is 0.0202. The first-order valence-corrected chi connectivity index (χ1v) is 12.6. The van der Waals surface area contributed by atoms with E-state index in [0.717, 1.165) is 6.07 Å². The predicted molar refractivity (Wildman–Crippen MR) is 135 cm³/mol. The quantitative estimate of drug-likeness (QED) is 0.319. The second kappa shape index (κ2) is 12.3. The highest BCUT2D eigenvalue weighted by molar-refractivity contribution is 5.85. The molecule has 0 aliphatic carbocycles. The van der Waals surface area contributed by atoms with Gasteiger partial charge in [-0.2, -0.15) is 4.39 Å². The molecule has 2 aromatic carbocycles. The number of ether oxygens (including phenoxy) is 2. The standard InChI is InChI=1S/C28H33F3N2O5/c1-37-20-2-3-23-21(14-20)26(18(16-34)15-32-23)24(36)4-5-28(17-35)6-8-33(9-7-28)10-11-38-25-13-19(29)12-22(30)27(25)31/h2-3,12-15,24,34-36H,4-11,16-17H2,1H3. The van der Waals surface area contributed by atoms with Crippen LogP contribution < -0.4 is 9.47 Å². The van der Waals surface area contributed by atoms with Crippen molar-refractivity contribution in [2.24, 2.45) is 5.41 Å². The molecule has 0 bridgehead atoms. The molecule has 1 aliphatic rings. The van der Waals surface area contributed by atoms with E-state index in [1.165, 1.54) is 0 Å². The molecule has 4 rings (SSSR count). The number of rotatable bonds is 11. The van der Waals surface area contributed by atoms with Crippen LogP contribution in [-0.4, -0.2) is 65.2 Å². The smallest absolute Gasteiger partial charge is 0.200 e. The fourth-order valence-electron chi connectivity index (χ4n) is 5.13. The molecule has 7 nitrogen and oxygen atoms in total. The van der Waals surface area contributed by atoms with E-state index in [0.29, 0.717) is 79.2 Å². The highest BCUT2D eigenvalue weighted by Gasteiger charge is 2.35. The molecule has 1 atom stereocenters. The van der Waals surface area contributed by atoms with Crippen LogP contribution in [0.4, 0.5) is 13.2 Å². The first-order chi connectivity index (χ1) is 18.3. The Morgan fingerprint density at radius 2 is 1.87 bits per heavy atom. The van der Waals surface area contributed by atoms with Gasteiger partial charge < -0.3 is 24.8 Å². The molecule has 0 spiro atoms. The molecule has 206 valence electrons. The number of aliphatic hydroxyl groups excluding tert-OH is 3. The third kappa shape index (κ3) is 6.20. The molecule has 1 saturated heterocycles. The number of aromatic nitrogens is 1. The summed E-state index contributed by atoms with van der Waals surface area (Å²) < 4.78 is 51.1. The fourth-order valence-corrected chi connectivity index (χ4v) is 5.13. The molecule has 0 amide bonds. The van der Waals surface area contributed by atoms with Crippen molar-refractivity contribution in [1.29, 1.82) is 0 Å². The zero-order valence-electron chi connectivity index (χ0n) is 21.3. The number of halogens is 3. The highest BCUT2D eigenvalue weighted by atomic mass is 19.2. The van der Waals surface area contributed by atoms with E-state index in [2.05, 4.69) is 9.88 Å². The van der Waals surface area contributed by atoms with Crippen LogP contribution in [0.3, 0.4) is 0 Å². The lowest BCUT2D eigenvalue weighted by Gasteiger charge is -2.41. The number of fused-ring (bicyclic) bond motifs is 1. The van der Waals surface area contributed by atoms with Gasteiger partial charge in [0.05, 0.1) is 25.3 Å². The molecule has 3 aromatic rings. The van der Waals surface area contributed by atoms with E-state index in [9.17, 15) is 28.5 Å². The molecule has 2 heterocycles. The molecule has 0 radical (unpaired) electrons. The van der Waals surface area contributed by atoms with Gasteiger partial charge in [0, 0.05) is 42.4 Å². The van der Waals surface area contributed by atoms with Crippen LogP contribution in [0.25, 0.3) is 10.9 Å². The summed E-state index contributed by atoms with van der Waals surface area (Å²) in [7, 11) is 1.56. The number of benzene rings is 2. The zero-order chi connectivity index (χ0) is 27.3. The van der Waals surface area contributed by atoms with E-state index in [4.69, 9.17) is 9.47 Å². The van der Waals surface area contributed by atoms with Crippen molar-refractivity contribution in [3.63, 3.8) is 0 Å². The molecule has 10 heteroatoms. The number of hydrogen-bond acceptors (Lipinski definition) is 7. The summed E-state index contributed by atoms with van der Waals surface area (Å²) in [6.07, 6.45) is 3.01. The third-order valence-electron chi connectivity index (χ3n) is 7.53. The Balaban J connectivity index is 1.35. The minimum absolute atomic E-state index is 0.0321. The lowest BCUT2D eigenvalue weighted by Crippen LogP contribution is -2.43. The van der Waals surface area contributed by atoms with Crippen molar-refractivity contribution in [1.82, 2.24) is 9.88 Å². The molecular formula is C28H33F3N2O5. The highest BCUT2D eigenvalue weighted by Crippen LogP contribution is 2.39. The number of aliphatic hydroxyl groups is 3. The maximum atomic E-state index is 13.8. The summed E-state index contributed by atoms with van der Waals surface area (Å²) in [6, 6.07) is 6.68. The molecule has 0 saturated carbocycles. The predicted octanol–water partition coefficient (Wildman–Crippen LogP) is 4.12. The fraction of sp³-hybridized carbons (Fsp3) is 0.464. The van der Waals surface area contributed by atoms with Crippen LogP contribution in [-0.2, 0) is 6.61 Å². The second-order valence-electron chi connectivity index (χ2n) is 9.84. The summed E-state index contributed by atoms with van der Waals surface area (Å²) >= 11 is 0. The van der Waals surface area contributed by atoms with Crippen molar-refractivity contribution >= 4 is 10.9 Å². The number of piperidine rings is 1. The van der Waals surface area contributed by atoms with Crippen molar-refractivity contribution in [3.8, 4) is 11.5 Å². The maximum absolute atomic E-state index is 13.8. The van der Waals surface area contributed by atoms with Gasteiger partial charge >= 0.3 is 0 Å². The summed E-state index contributed by atoms with van der Waals surface area (Å²) in [5, 5.41) is 32.1. The van der Waals surface area contributed by atoms with Gasteiger partial charge in [-0.15, -0.1) is 0 Å². The average Bonchev–Trinajstić information content (AvgIpc) is 2.94. The topological polar surface area (TPSA) is 95.3 Å². The molecule has 1 unspecified atom stereocenters. The monoisotopic (exact) mass is 534 g/mol. The summed E-state index contributed by atoms with van der Waals surface area (Å²) in [6.45, 7) is 1.50. The summed E-state index contributed by atoms with van der Waals surface area (Å²) in [5.41, 5.74) is 1.46. The normalized spacial score (nSPS) is 16.5. The molecular weight excluding hydrogens is 501 g/mol. The number of likely N-dealkylation sites (tertiary alicyclic amines) is 1. The Morgan fingerprint density at radius 1 is 1.11 bits per heavy atom. The van der Waals surface area contributed by atoms with Gasteiger partial charge in [-0.1, -0.05) is 0 Å². The van der Waals surface area contributed by atoms with Gasteiger partial charge in [0.25, 0.3) is 0 Å². The van der Waals surface area contributed by atoms with Crippen LogP contribution >= 0.6 is 0 Å². The van der Waals surface area contributed by atoms with Gasteiger partial charge in [0.1, 0.15) is 18.2 Å². The number of methoxy groups -OCH3 is 1. The Morgan fingerprint density at radius 3 is 2.55 bits per heavy atom. The van der Waals surface area contributed by atoms with E-state index in [1.54, 1.807) is 31.5 Å². The average molecular weight is 535 g/mol. The number of pyridine rings is 1. The maximum Gasteiger partial charge on any atom is 0.200 e. The van der Waals surface area contributed by atoms with Crippen LogP contribution in [0.15, 0.2) is 36.5 Å². The molecule has 1 fully saturated rings. The number of hydrogen-bond donors (Lipinski definition) is 3. The molecule has 1 aromatic heterocycles. The van der Waals surface area contributed by atoms with Crippen LogP contribution in [0.5, 0.6) is 11.5 Å². The third-order valence-corrected chi connectivity index (χ3v) is 7.53. The SMILES string of the molecule is COc1ccc2ncc(CO)c(C(O)CCC3(CO)CCN(CCOc4cc(F)cc(F)c4F)CC3)c2c1. The van der Waals surface area contributed by atoms with Crippen LogP contribution in [0.1, 0.15) is 42.9 Å². The zero-order valence-corrected chi connectivity index (χ0v) is 21.3. The minimum Gasteiger partial charge on any atom is -0.497 e. The van der Waals surface area contributed by atoms with Crippen molar-refractivity contribution in [2.75, 3.05) is 40.0 Å². The summed E-state index contributed by atoms with van der Waals surface area (Å²) in [5.74, 6) is -3.25. The summed E-state index contributed by atoms with van der Waals surface area (Å²) in [4.78, 5) is 6.46. The van der Waals surface area contributed by atoms with Crippen LogP contribution in [0.2, 0.25) is 0 Å². The second-order valence-corrected chi connectivity index (χ2v) is 9.84. The van der Waals surface area contributed by atoms with Gasteiger partial charge in [-0.25, -0.2) is 8.78 Å². The molecule has 1 aliphatic heterocycles. The van der Waals surface area contributed by atoms with E-state index in [-0.39, 0.29) is 25.2 Å². The Hall–Kier alpha value is -2.92. The Bertz CT molecular complexity index is 1250. The first kappa shape index (κ1) is 28.1. The van der Waals surface area contributed by atoms with Crippen molar-refractivity contribution < 1.29 is 38.0 Å². The molecule has 38 heavy (non-hydrogen) atoms. The molecule has 3 N–H and O–H groups in total. The van der Waals surface area contributed by atoms with E-state index in [1.807, 2.05) is 0 Å². The minimum atomic E-state index is -1.29. The van der Waals surface area contributed by atoms with Gasteiger partial charge in [0.15, 0.2) is 11.6 Å². The van der Waals surface area contributed by atoms with E-state index >= 15 is 0 Å². The van der Waals surface area contributed by atoms with Crippen LogP contribution in [0, 0.1) is 22.9 Å². The van der Waals surface area contributed by atoms with Crippen molar-refractivity contribution in [2.45, 2.75) is 38.4 Å². The Labute approximate surface area is 219 Å². The van der Waals surface area contributed by atoms with Gasteiger partial charge in [-0.05, 0) is 68.0 Å². The van der Waals surface area contributed by atoms with Gasteiger partial charge in [-0.3, -0.25) is 9.88 Å². The number of nitrogens with zero attached hydrogens (tertiary/aromatic N) is 2. The van der Waals surface area contributed by atoms with Crippen molar-refractivity contribution in [3.05, 3.63) is 65.1 Å². The first-order valence-electron chi connectivity index (χ1n) is 12.6. The largest absolute Gasteiger partial charge is 0.497 e. The Kier molecular flexibility index (Phi) is 9.09. The van der Waals surface area contributed by atoms with Gasteiger partial charge in [0.2, 0.25) is 5.82 Å².